The molecule has 7 heteroatoms. The molecule has 3 aromatic rings. The number of aromatic nitrogens is 5. The van der Waals surface area contributed by atoms with E-state index in [-0.39, 0.29) is 18.1 Å². The Kier molecular flexibility index (Phi) is 3.08. The van der Waals surface area contributed by atoms with E-state index < -0.39 is 0 Å². The van der Waals surface area contributed by atoms with Crippen LogP contribution in [0.3, 0.4) is 0 Å². The summed E-state index contributed by atoms with van der Waals surface area (Å²) in [6.45, 7) is 2.05. The SMILES string of the molecule is Cc1nc(CNC(=O)c2cnc3ccccc3n2)n[nH]1. The Balaban J connectivity index is 1.75. The molecule has 0 spiro atoms. The van der Waals surface area contributed by atoms with Crippen molar-refractivity contribution < 1.29 is 4.79 Å². The first-order chi connectivity index (χ1) is 9.72. The number of hydrogen-bond donors (Lipinski definition) is 2. The summed E-state index contributed by atoms with van der Waals surface area (Å²) in [5.41, 5.74) is 1.72. The van der Waals surface area contributed by atoms with Crippen LogP contribution in [0.15, 0.2) is 30.5 Å². The lowest BCUT2D eigenvalue weighted by Crippen LogP contribution is -2.24. The van der Waals surface area contributed by atoms with E-state index in [0.717, 1.165) is 5.52 Å². The fourth-order valence-electron chi connectivity index (χ4n) is 1.78. The number of benzene rings is 1. The zero-order valence-electron chi connectivity index (χ0n) is 10.8. The quantitative estimate of drug-likeness (QED) is 0.738. The van der Waals surface area contributed by atoms with Crippen LogP contribution in [0.5, 0.6) is 0 Å². The number of aromatic amines is 1. The minimum Gasteiger partial charge on any atom is -0.343 e. The first kappa shape index (κ1) is 12.2. The lowest BCUT2D eigenvalue weighted by atomic mass is 10.3. The molecule has 20 heavy (non-hydrogen) atoms. The molecule has 100 valence electrons. The summed E-state index contributed by atoms with van der Waals surface area (Å²) < 4.78 is 0. The van der Waals surface area contributed by atoms with Crippen molar-refractivity contribution in [3.63, 3.8) is 0 Å². The van der Waals surface area contributed by atoms with Gasteiger partial charge in [0.1, 0.15) is 11.5 Å². The third-order valence-electron chi connectivity index (χ3n) is 2.73. The van der Waals surface area contributed by atoms with Crippen molar-refractivity contribution >= 4 is 16.9 Å². The summed E-state index contributed by atoms with van der Waals surface area (Å²) in [4.78, 5) is 24.6. The number of rotatable bonds is 3. The zero-order valence-corrected chi connectivity index (χ0v) is 10.8. The van der Waals surface area contributed by atoms with Crippen LogP contribution in [0.4, 0.5) is 0 Å². The number of aryl methyl sites for hydroxylation is 1. The minimum atomic E-state index is -0.300. The molecule has 0 saturated heterocycles. The molecule has 2 N–H and O–H groups in total. The fraction of sp³-hybridized carbons (Fsp3) is 0.154. The summed E-state index contributed by atoms with van der Waals surface area (Å²) in [7, 11) is 0. The molecular formula is C13H12N6O. The number of H-pyrrole nitrogens is 1. The molecule has 0 fully saturated rings. The predicted octanol–water partition coefficient (Wildman–Crippen LogP) is 0.986. The topological polar surface area (TPSA) is 96.5 Å². The zero-order chi connectivity index (χ0) is 13.9. The van der Waals surface area contributed by atoms with E-state index in [1.54, 1.807) is 6.92 Å². The summed E-state index contributed by atoms with van der Waals surface area (Å²) in [5.74, 6) is 0.940. The highest BCUT2D eigenvalue weighted by Crippen LogP contribution is 2.08. The maximum absolute atomic E-state index is 12.0. The van der Waals surface area contributed by atoms with Crippen molar-refractivity contribution in [3.8, 4) is 0 Å². The average Bonchev–Trinajstić information content (AvgIpc) is 2.90. The highest BCUT2D eigenvalue weighted by molar-refractivity contribution is 5.93. The molecule has 7 nitrogen and oxygen atoms in total. The Morgan fingerprint density at radius 2 is 2.05 bits per heavy atom. The molecule has 0 aliphatic carbocycles. The third-order valence-corrected chi connectivity index (χ3v) is 2.73. The van der Waals surface area contributed by atoms with Crippen molar-refractivity contribution in [2.45, 2.75) is 13.5 Å². The van der Waals surface area contributed by atoms with Crippen molar-refractivity contribution in [3.05, 3.63) is 47.8 Å². The molecule has 0 aliphatic rings. The highest BCUT2D eigenvalue weighted by atomic mass is 16.1. The van der Waals surface area contributed by atoms with Gasteiger partial charge in [0.2, 0.25) is 0 Å². The molecular weight excluding hydrogens is 256 g/mol. The summed E-state index contributed by atoms with van der Waals surface area (Å²) >= 11 is 0. The van der Waals surface area contributed by atoms with E-state index in [0.29, 0.717) is 17.2 Å². The van der Waals surface area contributed by atoms with Gasteiger partial charge in [-0.05, 0) is 19.1 Å². The molecule has 0 atom stereocenters. The van der Waals surface area contributed by atoms with Crippen LogP contribution in [-0.4, -0.2) is 31.1 Å². The monoisotopic (exact) mass is 268 g/mol. The second kappa shape index (κ2) is 5.04. The lowest BCUT2D eigenvalue weighted by Gasteiger charge is -2.03. The summed E-state index contributed by atoms with van der Waals surface area (Å²) in [5, 5.41) is 9.37. The molecule has 2 aromatic heterocycles. The first-order valence-corrected chi connectivity index (χ1v) is 6.10. The number of carbonyl (C=O) groups excluding carboxylic acids is 1. The molecule has 1 aromatic carbocycles. The van der Waals surface area contributed by atoms with E-state index in [1.807, 2.05) is 24.3 Å². The molecule has 0 bridgehead atoms. The number of fused-ring (bicyclic) bond motifs is 1. The van der Waals surface area contributed by atoms with Crippen molar-refractivity contribution in [1.82, 2.24) is 30.5 Å². The minimum absolute atomic E-state index is 0.248. The van der Waals surface area contributed by atoms with E-state index in [2.05, 4.69) is 30.5 Å². The Bertz CT molecular complexity index is 766. The number of nitrogens with one attached hydrogen (secondary N) is 2. The molecule has 0 unspecified atom stereocenters. The summed E-state index contributed by atoms with van der Waals surface area (Å²) in [6, 6.07) is 7.40. The van der Waals surface area contributed by atoms with Gasteiger partial charge in [-0.25, -0.2) is 9.97 Å². The number of para-hydroxylation sites is 2. The van der Waals surface area contributed by atoms with Crippen LogP contribution in [0.2, 0.25) is 0 Å². The van der Waals surface area contributed by atoms with Crippen molar-refractivity contribution in [2.75, 3.05) is 0 Å². The van der Waals surface area contributed by atoms with Gasteiger partial charge in [0, 0.05) is 0 Å². The standard InChI is InChI=1S/C13H12N6O/c1-8-16-12(19-18-8)7-15-13(20)11-6-14-9-4-2-3-5-10(9)17-11/h2-6H,7H2,1H3,(H,15,20)(H,16,18,19). The second-order valence-electron chi connectivity index (χ2n) is 4.26. The van der Waals surface area contributed by atoms with Gasteiger partial charge in [0.25, 0.3) is 5.91 Å². The maximum Gasteiger partial charge on any atom is 0.271 e. The van der Waals surface area contributed by atoms with Crippen LogP contribution in [0, 0.1) is 6.92 Å². The van der Waals surface area contributed by atoms with E-state index in [1.165, 1.54) is 6.20 Å². The Morgan fingerprint density at radius 3 is 2.80 bits per heavy atom. The summed E-state index contributed by atoms with van der Waals surface area (Å²) in [6.07, 6.45) is 1.46. The number of amides is 1. The second-order valence-corrected chi connectivity index (χ2v) is 4.26. The molecule has 0 radical (unpaired) electrons. The van der Waals surface area contributed by atoms with Gasteiger partial charge in [0.05, 0.1) is 23.8 Å². The molecule has 1 amide bonds. The van der Waals surface area contributed by atoms with Gasteiger partial charge >= 0.3 is 0 Å². The Hall–Kier alpha value is -2.83. The predicted molar refractivity (Wildman–Crippen MR) is 71.8 cm³/mol. The van der Waals surface area contributed by atoms with Gasteiger partial charge in [-0.2, -0.15) is 5.10 Å². The highest BCUT2D eigenvalue weighted by Gasteiger charge is 2.10. The Morgan fingerprint density at radius 1 is 1.25 bits per heavy atom. The number of nitrogens with zero attached hydrogens (tertiary/aromatic N) is 4. The van der Waals surface area contributed by atoms with Gasteiger partial charge in [-0.15, -0.1) is 0 Å². The van der Waals surface area contributed by atoms with Crippen molar-refractivity contribution in [1.29, 1.82) is 0 Å². The largest absolute Gasteiger partial charge is 0.343 e. The average molecular weight is 268 g/mol. The van der Waals surface area contributed by atoms with Crippen LogP contribution < -0.4 is 5.32 Å². The lowest BCUT2D eigenvalue weighted by molar-refractivity contribution is 0.0945. The van der Waals surface area contributed by atoms with Crippen LogP contribution >= 0.6 is 0 Å². The van der Waals surface area contributed by atoms with Crippen LogP contribution in [0.25, 0.3) is 11.0 Å². The molecule has 0 saturated carbocycles. The van der Waals surface area contributed by atoms with Crippen LogP contribution in [-0.2, 0) is 6.54 Å². The molecule has 2 heterocycles. The maximum atomic E-state index is 12.0. The molecule has 0 aliphatic heterocycles. The van der Waals surface area contributed by atoms with E-state index in [4.69, 9.17) is 0 Å². The van der Waals surface area contributed by atoms with Gasteiger partial charge < -0.3 is 5.32 Å². The smallest absolute Gasteiger partial charge is 0.271 e. The van der Waals surface area contributed by atoms with Crippen molar-refractivity contribution in [2.24, 2.45) is 0 Å². The van der Waals surface area contributed by atoms with E-state index >= 15 is 0 Å². The molecule has 3 rings (SSSR count). The van der Waals surface area contributed by atoms with Gasteiger partial charge in [0.15, 0.2) is 5.82 Å². The van der Waals surface area contributed by atoms with Crippen LogP contribution in [0.1, 0.15) is 22.1 Å². The van der Waals surface area contributed by atoms with Gasteiger partial charge in [-0.3, -0.25) is 14.9 Å². The fourth-order valence-corrected chi connectivity index (χ4v) is 1.78. The first-order valence-electron chi connectivity index (χ1n) is 6.10. The number of hydrogen-bond acceptors (Lipinski definition) is 5. The van der Waals surface area contributed by atoms with Gasteiger partial charge in [-0.1, -0.05) is 12.1 Å². The van der Waals surface area contributed by atoms with E-state index in [9.17, 15) is 4.79 Å². The third kappa shape index (κ3) is 2.46. The number of carbonyl (C=O) groups is 1. The normalized spacial score (nSPS) is 10.7. The Labute approximate surface area is 114 Å².